The van der Waals surface area contributed by atoms with Crippen LogP contribution in [-0.4, -0.2) is 75.9 Å². The molecule has 20 heavy (non-hydrogen) atoms. The summed E-state index contributed by atoms with van der Waals surface area (Å²) in [5, 5.41) is 0. The van der Waals surface area contributed by atoms with E-state index in [1.165, 1.54) is 11.9 Å². The second kappa shape index (κ2) is 6.40. The molecular weight excluding hydrogens is 304 g/mol. The molecule has 1 saturated heterocycles. The summed E-state index contributed by atoms with van der Waals surface area (Å²) in [6.07, 6.45) is 2.16. The van der Waals surface area contributed by atoms with Crippen molar-refractivity contribution in [2.24, 2.45) is 0 Å². The number of likely N-dealkylation sites (N-methyl/N-ethyl adjacent to an activating group) is 1. The number of sulfonamides is 1. The van der Waals surface area contributed by atoms with E-state index in [2.05, 4.69) is 0 Å². The Labute approximate surface area is 120 Å². The van der Waals surface area contributed by atoms with Gasteiger partial charge < -0.3 is 4.90 Å². The lowest BCUT2D eigenvalue weighted by molar-refractivity contribution is -0.133. The van der Waals surface area contributed by atoms with Gasteiger partial charge >= 0.3 is 0 Å². The number of hydrogen-bond acceptors (Lipinski definition) is 5. The smallest absolute Gasteiger partial charge is 0.238 e. The molecule has 1 unspecified atom stereocenters. The van der Waals surface area contributed by atoms with E-state index in [1.54, 1.807) is 0 Å². The van der Waals surface area contributed by atoms with Gasteiger partial charge in [-0.3, -0.25) is 4.79 Å². The Balaban J connectivity index is 2.79. The highest BCUT2D eigenvalue weighted by Crippen LogP contribution is 2.18. The van der Waals surface area contributed by atoms with Gasteiger partial charge in [0.2, 0.25) is 15.9 Å². The van der Waals surface area contributed by atoms with E-state index in [0.29, 0.717) is 19.4 Å². The van der Waals surface area contributed by atoms with Crippen LogP contribution in [0.1, 0.15) is 19.8 Å². The molecule has 9 heteroatoms. The molecule has 118 valence electrons. The first-order valence-electron chi connectivity index (χ1n) is 6.48. The van der Waals surface area contributed by atoms with Crippen LogP contribution in [0.25, 0.3) is 0 Å². The second-order valence-electron chi connectivity index (χ2n) is 5.16. The van der Waals surface area contributed by atoms with Gasteiger partial charge in [0.25, 0.3) is 0 Å². The van der Waals surface area contributed by atoms with Gasteiger partial charge in [0.15, 0.2) is 9.84 Å². The minimum Gasteiger partial charge on any atom is -0.338 e. The molecule has 1 rings (SSSR count). The van der Waals surface area contributed by atoms with Gasteiger partial charge in [-0.05, 0) is 12.8 Å². The van der Waals surface area contributed by atoms with Crippen LogP contribution < -0.4 is 0 Å². The van der Waals surface area contributed by atoms with Crippen LogP contribution in [0.4, 0.5) is 0 Å². The normalized spacial score (nSPS) is 22.1. The largest absolute Gasteiger partial charge is 0.338 e. The standard InChI is InChI=1S/C11H22N2O5S2/c1-4-6-13(10-5-7-20(17,18)9-10)11(14)8-12(2)19(3,15)16/h10H,4-9H2,1-3H3. The summed E-state index contributed by atoms with van der Waals surface area (Å²) in [6, 6.07) is -0.333. The average molecular weight is 326 g/mol. The van der Waals surface area contributed by atoms with E-state index in [1.807, 2.05) is 6.92 Å². The summed E-state index contributed by atoms with van der Waals surface area (Å²) in [5.74, 6) is -0.282. The second-order valence-corrected chi connectivity index (χ2v) is 9.48. The van der Waals surface area contributed by atoms with Gasteiger partial charge in [0.05, 0.1) is 24.3 Å². The predicted molar refractivity (Wildman–Crippen MR) is 76.5 cm³/mol. The molecule has 0 bridgehead atoms. The van der Waals surface area contributed by atoms with Gasteiger partial charge in [-0.15, -0.1) is 0 Å². The summed E-state index contributed by atoms with van der Waals surface area (Å²) in [6.45, 7) is 2.08. The van der Waals surface area contributed by atoms with Crippen molar-refractivity contribution in [3.63, 3.8) is 0 Å². The Morgan fingerprint density at radius 1 is 1.35 bits per heavy atom. The maximum Gasteiger partial charge on any atom is 0.238 e. The number of carbonyl (C=O) groups excluding carboxylic acids is 1. The summed E-state index contributed by atoms with van der Waals surface area (Å²) in [5.41, 5.74) is 0. The van der Waals surface area contributed by atoms with Crippen LogP contribution in [0.3, 0.4) is 0 Å². The molecule has 7 nitrogen and oxygen atoms in total. The highest BCUT2D eigenvalue weighted by molar-refractivity contribution is 7.91. The van der Waals surface area contributed by atoms with Crippen molar-refractivity contribution in [1.82, 2.24) is 9.21 Å². The zero-order chi connectivity index (χ0) is 15.6. The lowest BCUT2D eigenvalue weighted by atomic mass is 10.2. The number of carbonyl (C=O) groups is 1. The molecule has 1 heterocycles. The molecule has 0 radical (unpaired) electrons. The highest BCUT2D eigenvalue weighted by atomic mass is 32.2. The van der Waals surface area contributed by atoms with Crippen LogP contribution in [0.15, 0.2) is 0 Å². The summed E-state index contributed by atoms with van der Waals surface area (Å²) in [7, 11) is -5.16. The topological polar surface area (TPSA) is 91.8 Å². The van der Waals surface area contributed by atoms with Gasteiger partial charge in [0.1, 0.15) is 0 Å². The molecule has 1 aliphatic rings. The third-order valence-electron chi connectivity index (χ3n) is 3.36. The number of nitrogens with zero attached hydrogens (tertiary/aromatic N) is 2. The molecule has 0 spiro atoms. The monoisotopic (exact) mass is 326 g/mol. The molecule has 0 aromatic heterocycles. The zero-order valence-electron chi connectivity index (χ0n) is 12.1. The third kappa shape index (κ3) is 4.71. The van der Waals surface area contributed by atoms with Crippen LogP contribution >= 0.6 is 0 Å². The third-order valence-corrected chi connectivity index (χ3v) is 6.37. The maximum atomic E-state index is 12.2. The number of sulfone groups is 1. The Morgan fingerprint density at radius 2 is 1.95 bits per heavy atom. The zero-order valence-corrected chi connectivity index (χ0v) is 13.7. The van der Waals surface area contributed by atoms with Crippen LogP contribution in [-0.2, 0) is 24.7 Å². The average Bonchev–Trinajstić information content (AvgIpc) is 2.64. The van der Waals surface area contributed by atoms with E-state index in [4.69, 9.17) is 0 Å². The van der Waals surface area contributed by atoms with Crippen molar-refractivity contribution in [2.45, 2.75) is 25.8 Å². The van der Waals surface area contributed by atoms with Crippen LogP contribution in [0, 0.1) is 0 Å². The molecule has 0 saturated carbocycles. The highest BCUT2D eigenvalue weighted by Gasteiger charge is 2.34. The number of hydrogen-bond donors (Lipinski definition) is 0. The van der Waals surface area contributed by atoms with Crippen LogP contribution in [0.2, 0.25) is 0 Å². The van der Waals surface area contributed by atoms with Gasteiger partial charge in [0, 0.05) is 19.6 Å². The van der Waals surface area contributed by atoms with E-state index in [9.17, 15) is 21.6 Å². The van der Waals surface area contributed by atoms with E-state index < -0.39 is 19.9 Å². The molecule has 1 fully saturated rings. The fourth-order valence-corrected chi connectivity index (χ4v) is 4.25. The van der Waals surface area contributed by atoms with Crippen molar-refractivity contribution < 1.29 is 21.6 Å². The van der Waals surface area contributed by atoms with Crippen molar-refractivity contribution >= 4 is 25.8 Å². The lowest BCUT2D eigenvalue weighted by Gasteiger charge is -2.29. The molecule has 1 amide bonds. The molecule has 0 N–H and O–H groups in total. The first-order valence-corrected chi connectivity index (χ1v) is 10.1. The molecular formula is C11H22N2O5S2. The first kappa shape index (κ1) is 17.4. The van der Waals surface area contributed by atoms with E-state index in [0.717, 1.165) is 10.6 Å². The van der Waals surface area contributed by atoms with Gasteiger partial charge in [-0.1, -0.05) is 6.92 Å². The molecule has 0 aromatic rings. The lowest BCUT2D eigenvalue weighted by Crippen LogP contribution is -2.46. The SMILES string of the molecule is CCCN(C(=O)CN(C)S(C)(=O)=O)C1CCS(=O)(=O)C1. The molecule has 1 aliphatic heterocycles. The van der Waals surface area contributed by atoms with E-state index >= 15 is 0 Å². The number of amides is 1. The van der Waals surface area contributed by atoms with Gasteiger partial charge in [-0.2, -0.15) is 4.31 Å². The molecule has 0 aliphatic carbocycles. The van der Waals surface area contributed by atoms with Crippen molar-refractivity contribution in [1.29, 1.82) is 0 Å². The fraction of sp³-hybridized carbons (Fsp3) is 0.909. The number of rotatable bonds is 6. The fourth-order valence-electron chi connectivity index (χ4n) is 2.17. The van der Waals surface area contributed by atoms with E-state index in [-0.39, 0.29) is 30.0 Å². The Kier molecular flexibility index (Phi) is 5.56. The maximum absolute atomic E-state index is 12.2. The van der Waals surface area contributed by atoms with Crippen molar-refractivity contribution in [2.75, 3.05) is 37.9 Å². The van der Waals surface area contributed by atoms with Crippen molar-refractivity contribution in [3.05, 3.63) is 0 Å². The Bertz CT molecular complexity index is 555. The quantitative estimate of drug-likeness (QED) is 0.644. The summed E-state index contributed by atoms with van der Waals surface area (Å²) < 4.78 is 46.7. The minimum atomic E-state index is -3.43. The molecule has 0 aromatic carbocycles. The summed E-state index contributed by atoms with van der Waals surface area (Å²) >= 11 is 0. The molecule has 1 atom stereocenters. The van der Waals surface area contributed by atoms with Crippen LogP contribution in [0.5, 0.6) is 0 Å². The minimum absolute atomic E-state index is 0.0265. The summed E-state index contributed by atoms with van der Waals surface area (Å²) in [4.78, 5) is 13.7. The Hall–Kier alpha value is -0.670. The first-order chi connectivity index (χ1) is 9.07. The van der Waals surface area contributed by atoms with Gasteiger partial charge in [-0.25, -0.2) is 16.8 Å². The van der Waals surface area contributed by atoms with Crippen molar-refractivity contribution in [3.8, 4) is 0 Å². The predicted octanol–water partition coefficient (Wildman–Crippen LogP) is -0.696. The Morgan fingerprint density at radius 3 is 2.35 bits per heavy atom.